The first-order valence-corrected chi connectivity index (χ1v) is 8.54. The molecular formula is C19H22ClN3O. The van der Waals surface area contributed by atoms with Crippen LogP contribution in [0.15, 0.2) is 42.5 Å². The van der Waals surface area contributed by atoms with Gasteiger partial charge in [-0.05, 0) is 49.2 Å². The van der Waals surface area contributed by atoms with Crippen LogP contribution in [0.3, 0.4) is 0 Å². The number of urea groups is 1. The number of hydrogen-bond acceptors (Lipinski definition) is 2. The van der Waals surface area contributed by atoms with Crippen LogP contribution in [0.5, 0.6) is 0 Å². The average Bonchev–Trinajstić information content (AvgIpc) is 2.57. The summed E-state index contributed by atoms with van der Waals surface area (Å²) in [5.41, 5.74) is 4.53. The molecule has 1 heterocycles. The second kappa shape index (κ2) is 7.14. The van der Waals surface area contributed by atoms with E-state index < -0.39 is 0 Å². The monoisotopic (exact) mass is 343 g/mol. The van der Waals surface area contributed by atoms with Crippen LogP contribution in [0, 0.1) is 13.8 Å². The van der Waals surface area contributed by atoms with Gasteiger partial charge in [0.05, 0.1) is 0 Å². The highest BCUT2D eigenvalue weighted by Gasteiger charge is 2.22. The summed E-state index contributed by atoms with van der Waals surface area (Å²) in [6.45, 7) is 7.34. The van der Waals surface area contributed by atoms with Crippen LogP contribution in [-0.2, 0) is 0 Å². The quantitative estimate of drug-likeness (QED) is 0.881. The summed E-state index contributed by atoms with van der Waals surface area (Å²) in [6, 6.07) is 13.7. The zero-order chi connectivity index (χ0) is 17.1. The van der Waals surface area contributed by atoms with Crippen LogP contribution in [0.1, 0.15) is 11.1 Å². The first-order valence-electron chi connectivity index (χ1n) is 8.16. The number of carbonyl (C=O) groups excluding carboxylic acids is 1. The minimum absolute atomic E-state index is 0.0714. The van der Waals surface area contributed by atoms with E-state index in [0.29, 0.717) is 18.1 Å². The zero-order valence-corrected chi connectivity index (χ0v) is 14.8. The van der Waals surface area contributed by atoms with E-state index in [1.807, 2.05) is 17.0 Å². The van der Waals surface area contributed by atoms with Crippen molar-refractivity contribution in [2.75, 3.05) is 36.4 Å². The lowest BCUT2D eigenvalue weighted by Crippen LogP contribution is -2.50. The standard InChI is InChI=1S/C19H22ClN3O/c1-14-6-7-15(2)18(12-14)22-8-10-23(11-9-22)19(24)21-17-5-3-4-16(20)13-17/h3-7,12-13H,8-11H2,1-2H3,(H,21,24). The van der Waals surface area contributed by atoms with Gasteiger partial charge in [-0.2, -0.15) is 0 Å². The molecule has 1 aliphatic rings. The molecule has 0 unspecified atom stereocenters. The molecule has 0 saturated carbocycles. The van der Waals surface area contributed by atoms with Crippen molar-refractivity contribution in [3.8, 4) is 0 Å². The van der Waals surface area contributed by atoms with Gasteiger partial charge < -0.3 is 15.1 Å². The number of carbonyl (C=O) groups is 1. The Hall–Kier alpha value is -2.20. The molecule has 0 bridgehead atoms. The fourth-order valence-corrected chi connectivity index (χ4v) is 3.17. The number of aryl methyl sites for hydroxylation is 2. The third-order valence-electron chi connectivity index (χ3n) is 4.35. The lowest BCUT2D eigenvalue weighted by molar-refractivity contribution is 0.208. The number of rotatable bonds is 2. The SMILES string of the molecule is Cc1ccc(C)c(N2CCN(C(=O)Nc3cccc(Cl)c3)CC2)c1. The van der Waals surface area contributed by atoms with Crippen molar-refractivity contribution >= 4 is 29.0 Å². The number of anilines is 2. The molecule has 2 aromatic rings. The predicted octanol–water partition coefficient (Wildman–Crippen LogP) is 4.31. The molecule has 2 amide bonds. The van der Waals surface area contributed by atoms with Gasteiger partial charge in [-0.3, -0.25) is 0 Å². The Morgan fingerprint density at radius 2 is 1.79 bits per heavy atom. The summed E-state index contributed by atoms with van der Waals surface area (Å²) in [6.07, 6.45) is 0. The van der Waals surface area contributed by atoms with Crippen LogP contribution in [0.25, 0.3) is 0 Å². The van der Waals surface area contributed by atoms with Crippen LogP contribution < -0.4 is 10.2 Å². The minimum atomic E-state index is -0.0714. The smallest absolute Gasteiger partial charge is 0.321 e. The van der Waals surface area contributed by atoms with Crippen molar-refractivity contribution < 1.29 is 4.79 Å². The molecule has 126 valence electrons. The van der Waals surface area contributed by atoms with E-state index >= 15 is 0 Å². The van der Waals surface area contributed by atoms with Crippen molar-refractivity contribution in [3.05, 3.63) is 58.6 Å². The van der Waals surface area contributed by atoms with Crippen molar-refractivity contribution in [1.29, 1.82) is 0 Å². The number of halogens is 1. The molecule has 3 rings (SSSR count). The molecule has 2 aromatic carbocycles. The number of hydrogen-bond donors (Lipinski definition) is 1. The van der Waals surface area contributed by atoms with Gasteiger partial charge in [0, 0.05) is 42.6 Å². The molecule has 0 spiro atoms. The normalized spacial score (nSPS) is 14.6. The minimum Gasteiger partial charge on any atom is -0.368 e. The largest absolute Gasteiger partial charge is 0.368 e. The average molecular weight is 344 g/mol. The van der Waals surface area contributed by atoms with Gasteiger partial charge in [-0.15, -0.1) is 0 Å². The van der Waals surface area contributed by atoms with Gasteiger partial charge in [0.15, 0.2) is 0 Å². The molecule has 0 aromatic heterocycles. The molecule has 0 aliphatic carbocycles. The highest BCUT2D eigenvalue weighted by molar-refractivity contribution is 6.30. The van der Waals surface area contributed by atoms with Gasteiger partial charge in [0.25, 0.3) is 0 Å². The third-order valence-corrected chi connectivity index (χ3v) is 4.58. The van der Waals surface area contributed by atoms with Gasteiger partial charge in [-0.1, -0.05) is 29.8 Å². The number of amides is 2. The fourth-order valence-electron chi connectivity index (χ4n) is 2.98. The molecule has 1 N–H and O–H groups in total. The molecule has 24 heavy (non-hydrogen) atoms. The van der Waals surface area contributed by atoms with Gasteiger partial charge in [0.2, 0.25) is 0 Å². The van der Waals surface area contributed by atoms with Crippen molar-refractivity contribution in [2.24, 2.45) is 0 Å². The topological polar surface area (TPSA) is 35.6 Å². The Kier molecular flexibility index (Phi) is 4.95. The first-order chi connectivity index (χ1) is 11.5. The first kappa shape index (κ1) is 16.7. The summed E-state index contributed by atoms with van der Waals surface area (Å²) < 4.78 is 0. The summed E-state index contributed by atoms with van der Waals surface area (Å²) in [5, 5.41) is 3.53. The highest BCUT2D eigenvalue weighted by atomic mass is 35.5. The maximum Gasteiger partial charge on any atom is 0.321 e. The summed E-state index contributed by atoms with van der Waals surface area (Å²) in [5.74, 6) is 0. The molecule has 1 fully saturated rings. The van der Waals surface area contributed by atoms with Crippen molar-refractivity contribution in [3.63, 3.8) is 0 Å². The van der Waals surface area contributed by atoms with Gasteiger partial charge >= 0.3 is 6.03 Å². The molecule has 4 nitrogen and oxygen atoms in total. The van der Waals surface area contributed by atoms with Crippen molar-refractivity contribution in [1.82, 2.24) is 4.90 Å². The molecular weight excluding hydrogens is 322 g/mol. The Bertz CT molecular complexity index is 739. The number of nitrogens with zero attached hydrogens (tertiary/aromatic N) is 2. The summed E-state index contributed by atoms with van der Waals surface area (Å²) >= 11 is 5.96. The molecule has 0 atom stereocenters. The maximum absolute atomic E-state index is 12.4. The molecule has 0 radical (unpaired) electrons. The van der Waals surface area contributed by atoms with Gasteiger partial charge in [0.1, 0.15) is 0 Å². The van der Waals surface area contributed by atoms with E-state index in [0.717, 1.165) is 18.8 Å². The molecule has 1 aliphatic heterocycles. The maximum atomic E-state index is 12.4. The second-order valence-corrected chi connectivity index (χ2v) is 6.64. The van der Waals surface area contributed by atoms with Crippen LogP contribution in [-0.4, -0.2) is 37.1 Å². The van der Waals surface area contributed by atoms with Gasteiger partial charge in [-0.25, -0.2) is 4.79 Å². The number of nitrogens with one attached hydrogen (secondary N) is 1. The highest BCUT2D eigenvalue weighted by Crippen LogP contribution is 2.23. The lowest BCUT2D eigenvalue weighted by atomic mass is 10.1. The van der Waals surface area contributed by atoms with Crippen LogP contribution in [0.2, 0.25) is 5.02 Å². The lowest BCUT2D eigenvalue weighted by Gasteiger charge is -2.36. The number of piperazine rings is 1. The zero-order valence-electron chi connectivity index (χ0n) is 14.1. The Morgan fingerprint density at radius 1 is 1.04 bits per heavy atom. The fraction of sp³-hybridized carbons (Fsp3) is 0.316. The van der Waals surface area contributed by atoms with E-state index in [1.165, 1.54) is 16.8 Å². The van der Waals surface area contributed by atoms with E-state index in [9.17, 15) is 4.79 Å². The van der Waals surface area contributed by atoms with E-state index in [4.69, 9.17) is 11.6 Å². The van der Waals surface area contributed by atoms with E-state index in [2.05, 4.69) is 42.3 Å². The van der Waals surface area contributed by atoms with Crippen molar-refractivity contribution in [2.45, 2.75) is 13.8 Å². The third kappa shape index (κ3) is 3.82. The molecule has 1 saturated heterocycles. The summed E-state index contributed by atoms with van der Waals surface area (Å²) in [7, 11) is 0. The van der Waals surface area contributed by atoms with E-state index in [1.54, 1.807) is 12.1 Å². The molecule has 5 heteroatoms. The van der Waals surface area contributed by atoms with E-state index in [-0.39, 0.29) is 6.03 Å². The second-order valence-electron chi connectivity index (χ2n) is 6.20. The van der Waals surface area contributed by atoms with Crippen LogP contribution in [0.4, 0.5) is 16.2 Å². The Morgan fingerprint density at radius 3 is 2.50 bits per heavy atom. The van der Waals surface area contributed by atoms with Crippen LogP contribution >= 0.6 is 11.6 Å². The number of benzene rings is 2. The summed E-state index contributed by atoms with van der Waals surface area (Å²) in [4.78, 5) is 16.6. The Labute approximate surface area is 148 Å². The predicted molar refractivity (Wildman–Crippen MR) is 100 cm³/mol. The Balaban J connectivity index is 1.60.